The summed E-state index contributed by atoms with van der Waals surface area (Å²) in [5.41, 5.74) is 0.853. The fourth-order valence-electron chi connectivity index (χ4n) is 3.27. The van der Waals surface area contributed by atoms with Crippen molar-refractivity contribution >= 4 is 39.1 Å². The van der Waals surface area contributed by atoms with Crippen LogP contribution in [0.2, 0.25) is 0 Å². The number of hydrogen-bond donors (Lipinski definition) is 1. The molecule has 0 saturated carbocycles. The van der Waals surface area contributed by atoms with Crippen LogP contribution in [0.1, 0.15) is 9.67 Å². The van der Waals surface area contributed by atoms with E-state index in [9.17, 15) is 23.7 Å². The van der Waals surface area contributed by atoms with Gasteiger partial charge >= 0.3 is 5.00 Å². The van der Waals surface area contributed by atoms with Gasteiger partial charge in [0.1, 0.15) is 17.5 Å². The van der Waals surface area contributed by atoms with E-state index in [-0.39, 0.29) is 32.7 Å². The minimum absolute atomic E-state index is 0.0203. The molecule has 1 amide bonds. The summed E-state index contributed by atoms with van der Waals surface area (Å²) in [5.74, 6) is -2.36. The Bertz CT molecular complexity index is 1570. The van der Waals surface area contributed by atoms with Crippen LogP contribution in [0.3, 0.4) is 0 Å². The highest BCUT2D eigenvalue weighted by Gasteiger charge is 2.21. The number of para-hydroxylation sites is 1. The van der Waals surface area contributed by atoms with Crippen molar-refractivity contribution in [3.05, 3.63) is 93.5 Å². The Balaban J connectivity index is 1.65. The summed E-state index contributed by atoms with van der Waals surface area (Å²) < 4.78 is 29.5. The van der Waals surface area contributed by atoms with Crippen LogP contribution in [-0.2, 0) is 0 Å². The van der Waals surface area contributed by atoms with Crippen LogP contribution in [0.4, 0.5) is 19.6 Å². The predicted octanol–water partition coefficient (Wildman–Crippen LogP) is 4.98. The van der Waals surface area contributed by atoms with Gasteiger partial charge in [0.05, 0.1) is 32.6 Å². The van der Waals surface area contributed by atoms with Gasteiger partial charge in [-0.05, 0) is 30.3 Å². The molecule has 1 N–H and O–H groups in total. The maximum atomic E-state index is 14.5. The van der Waals surface area contributed by atoms with Gasteiger partial charge in [-0.2, -0.15) is 5.10 Å². The van der Waals surface area contributed by atoms with Gasteiger partial charge in [0, 0.05) is 12.1 Å². The average Bonchev–Trinajstić information content (AvgIpc) is 3.48. The number of hydrogen-bond acceptors (Lipinski definition) is 7. The fourth-order valence-corrected chi connectivity index (χ4v) is 3.99. The summed E-state index contributed by atoms with van der Waals surface area (Å²) in [4.78, 5) is 32.0. The first kappa shape index (κ1) is 21.3. The summed E-state index contributed by atoms with van der Waals surface area (Å²) in [6, 6.07) is 14.5. The molecule has 0 aliphatic carbocycles. The Hall–Kier alpha value is -4.58. The highest BCUT2D eigenvalue weighted by atomic mass is 32.1. The number of amides is 1. The molecule has 0 bridgehead atoms. The second-order valence-electron chi connectivity index (χ2n) is 7.00. The molecule has 9 nitrogen and oxygen atoms in total. The lowest BCUT2D eigenvalue weighted by atomic mass is 10.2. The molecule has 0 atom stereocenters. The molecule has 3 heterocycles. The van der Waals surface area contributed by atoms with Crippen LogP contribution in [0.15, 0.2) is 66.9 Å². The van der Waals surface area contributed by atoms with Crippen LogP contribution < -0.4 is 5.32 Å². The van der Waals surface area contributed by atoms with E-state index < -0.39 is 22.5 Å². The summed E-state index contributed by atoms with van der Waals surface area (Å²) in [6.07, 6.45) is 1.44. The van der Waals surface area contributed by atoms with Crippen molar-refractivity contribution in [3.63, 3.8) is 0 Å². The highest BCUT2D eigenvalue weighted by Crippen LogP contribution is 2.30. The zero-order valence-corrected chi connectivity index (χ0v) is 17.8. The number of halogens is 2. The van der Waals surface area contributed by atoms with Gasteiger partial charge in [-0.15, -0.1) is 0 Å². The zero-order chi connectivity index (χ0) is 23.8. The van der Waals surface area contributed by atoms with Crippen LogP contribution in [-0.4, -0.2) is 30.6 Å². The van der Waals surface area contributed by atoms with Crippen molar-refractivity contribution in [1.82, 2.24) is 19.7 Å². The first-order valence-electron chi connectivity index (χ1n) is 9.73. The molecule has 5 aromatic rings. The van der Waals surface area contributed by atoms with E-state index in [1.165, 1.54) is 29.1 Å². The first-order valence-corrected chi connectivity index (χ1v) is 10.5. The van der Waals surface area contributed by atoms with Gasteiger partial charge in [0.2, 0.25) is 0 Å². The third-order valence-corrected chi connectivity index (χ3v) is 5.86. The Morgan fingerprint density at radius 3 is 2.56 bits per heavy atom. The predicted molar refractivity (Wildman–Crippen MR) is 121 cm³/mol. The quantitative estimate of drug-likeness (QED) is 0.281. The highest BCUT2D eigenvalue weighted by molar-refractivity contribution is 7.17. The lowest BCUT2D eigenvalue weighted by Crippen LogP contribution is -2.13. The van der Waals surface area contributed by atoms with E-state index in [1.807, 2.05) is 6.07 Å². The fraction of sp³-hybridized carbons (Fsp3) is 0. The zero-order valence-electron chi connectivity index (χ0n) is 17.0. The summed E-state index contributed by atoms with van der Waals surface area (Å²) in [5, 5.41) is 18.1. The van der Waals surface area contributed by atoms with Crippen molar-refractivity contribution in [1.29, 1.82) is 0 Å². The maximum Gasteiger partial charge on any atom is 0.324 e. The number of benzene rings is 2. The standard InChI is InChI=1S/C22H12F2N6O3S/c23-12-6-7-14(16(24)10-12)19-26-20(28-22(31)17-8-9-18(34-17)30(32)33)15-11-25-29(21(15)27-19)13-4-2-1-3-5-13/h1-11H,(H,26,27,28,31). The van der Waals surface area contributed by atoms with E-state index >= 15 is 0 Å². The van der Waals surface area contributed by atoms with Gasteiger partial charge in [0.25, 0.3) is 5.91 Å². The van der Waals surface area contributed by atoms with E-state index in [1.54, 1.807) is 24.3 Å². The molecule has 168 valence electrons. The molecule has 0 fully saturated rings. The first-order chi connectivity index (χ1) is 16.4. The molecule has 0 radical (unpaired) electrons. The molecule has 0 saturated heterocycles. The number of anilines is 1. The number of thiophene rings is 1. The van der Waals surface area contributed by atoms with E-state index in [0.717, 1.165) is 6.07 Å². The van der Waals surface area contributed by atoms with Gasteiger partial charge in [-0.3, -0.25) is 14.9 Å². The van der Waals surface area contributed by atoms with E-state index in [2.05, 4.69) is 20.4 Å². The Morgan fingerprint density at radius 2 is 1.85 bits per heavy atom. The number of aromatic nitrogens is 4. The lowest BCUT2D eigenvalue weighted by molar-refractivity contribution is -0.380. The summed E-state index contributed by atoms with van der Waals surface area (Å²) >= 11 is 0.703. The molecule has 2 aromatic carbocycles. The van der Waals surface area contributed by atoms with Gasteiger partial charge in [-0.25, -0.2) is 23.4 Å². The Morgan fingerprint density at radius 1 is 1.06 bits per heavy atom. The molecular weight excluding hydrogens is 466 g/mol. The van der Waals surface area contributed by atoms with Crippen LogP contribution in [0.5, 0.6) is 0 Å². The summed E-state index contributed by atoms with van der Waals surface area (Å²) in [7, 11) is 0. The van der Waals surface area contributed by atoms with Crippen molar-refractivity contribution in [3.8, 4) is 17.1 Å². The Kier molecular flexibility index (Phi) is 5.26. The van der Waals surface area contributed by atoms with Gasteiger partial charge < -0.3 is 5.32 Å². The van der Waals surface area contributed by atoms with E-state index in [0.29, 0.717) is 28.5 Å². The Labute approximate surface area is 193 Å². The lowest BCUT2D eigenvalue weighted by Gasteiger charge is -2.09. The molecule has 5 rings (SSSR count). The number of fused-ring (bicyclic) bond motifs is 1. The number of nitro groups is 1. The smallest absolute Gasteiger partial charge is 0.305 e. The van der Waals surface area contributed by atoms with Gasteiger partial charge in [-0.1, -0.05) is 29.5 Å². The summed E-state index contributed by atoms with van der Waals surface area (Å²) in [6.45, 7) is 0. The number of carbonyl (C=O) groups excluding carboxylic acids is 1. The number of carbonyl (C=O) groups is 1. The molecule has 3 aromatic heterocycles. The normalized spacial score (nSPS) is 11.0. The van der Waals surface area contributed by atoms with Gasteiger partial charge in [0.15, 0.2) is 11.5 Å². The topological polar surface area (TPSA) is 116 Å². The molecule has 12 heteroatoms. The molecule has 34 heavy (non-hydrogen) atoms. The second-order valence-corrected chi connectivity index (χ2v) is 8.06. The molecule has 0 aliphatic heterocycles. The molecule has 0 aliphatic rings. The SMILES string of the molecule is O=C(Nc1nc(-c2ccc(F)cc2F)nc2c1cnn2-c1ccccc1)c1ccc([N+](=O)[O-])s1. The second kappa shape index (κ2) is 8.41. The molecular formula is C22H12F2N6O3S. The number of rotatable bonds is 5. The van der Waals surface area contributed by atoms with Crippen molar-refractivity contribution in [2.45, 2.75) is 0 Å². The maximum absolute atomic E-state index is 14.5. The van der Waals surface area contributed by atoms with Crippen LogP contribution in [0, 0.1) is 21.7 Å². The van der Waals surface area contributed by atoms with Crippen molar-refractivity contribution in [2.24, 2.45) is 0 Å². The van der Waals surface area contributed by atoms with Crippen molar-refractivity contribution < 1.29 is 18.5 Å². The number of nitrogens with zero attached hydrogens (tertiary/aromatic N) is 5. The monoisotopic (exact) mass is 478 g/mol. The van der Waals surface area contributed by atoms with Crippen molar-refractivity contribution in [2.75, 3.05) is 5.32 Å². The van der Waals surface area contributed by atoms with Crippen LogP contribution >= 0.6 is 11.3 Å². The molecule has 0 unspecified atom stereocenters. The molecule has 0 spiro atoms. The van der Waals surface area contributed by atoms with Crippen LogP contribution in [0.25, 0.3) is 28.1 Å². The number of nitrogens with one attached hydrogen (secondary N) is 1. The third kappa shape index (κ3) is 3.86. The third-order valence-electron chi connectivity index (χ3n) is 4.83. The minimum atomic E-state index is -0.878. The average molecular weight is 478 g/mol. The minimum Gasteiger partial charge on any atom is -0.305 e. The van der Waals surface area contributed by atoms with E-state index in [4.69, 9.17) is 0 Å². The largest absolute Gasteiger partial charge is 0.324 e.